The molecule has 0 radical (unpaired) electrons. The summed E-state index contributed by atoms with van der Waals surface area (Å²) in [5, 5.41) is 2.69. The number of alkyl halides is 1. The second-order valence-corrected chi connectivity index (χ2v) is 8.85. The van der Waals surface area contributed by atoms with E-state index < -0.39 is 17.8 Å². The summed E-state index contributed by atoms with van der Waals surface area (Å²) >= 11 is 3.61. The third-order valence-corrected chi connectivity index (χ3v) is 6.41. The predicted octanol–water partition coefficient (Wildman–Crippen LogP) is 4.17. The largest absolute Gasteiger partial charge is 0.332 e. The van der Waals surface area contributed by atoms with Crippen LogP contribution in [0.25, 0.3) is 0 Å². The van der Waals surface area contributed by atoms with Crippen molar-refractivity contribution in [1.82, 2.24) is 4.90 Å². The first-order chi connectivity index (χ1) is 14.4. The molecule has 1 N–H and O–H groups in total. The number of imide groups is 1. The van der Waals surface area contributed by atoms with Crippen LogP contribution in [0.4, 0.5) is 20.6 Å². The van der Waals surface area contributed by atoms with Crippen LogP contribution in [0, 0.1) is 11.7 Å². The first kappa shape index (κ1) is 20.5. The molecule has 156 valence electrons. The number of nitrogens with zero attached hydrogens (tertiary/aromatic N) is 2. The minimum absolute atomic E-state index is 0.180. The number of hydrogen-bond acceptors (Lipinski definition) is 3. The van der Waals surface area contributed by atoms with Gasteiger partial charge >= 0.3 is 6.03 Å². The summed E-state index contributed by atoms with van der Waals surface area (Å²) in [5.41, 5.74) is 0.939. The van der Waals surface area contributed by atoms with Gasteiger partial charge in [0.05, 0.1) is 11.6 Å². The molecule has 2 aromatic carbocycles. The number of carbonyl (C=O) groups is 3. The van der Waals surface area contributed by atoms with E-state index in [0.717, 1.165) is 6.42 Å². The van der Waals surface area contributed by atoms with Crippen molar-refractivity contribution in [3.63, 3.8) is 0 Å². The Balaban J connectivity index is 1.59. The molecule has 1 saturated heterocycles. The summed E-state index contributed by atoms with van der Waals surface area (Å²) in [5.74, 6) is -1.39. The number of halogens is 2. The van der Waals surface area contributed by atoms with E-state index in [-0.39, 0.29) is 29.2 Å². The topological polar surface area (TPSA) is 69.7 Å². The highest BCUT2D eigenvalue weighted by atomic mass is 79.9. The van der Waals surface area contributed by atoms with Gasteiger partial charge in [0, 0.05) is 16.6 Å². The van der Waals surface area contributed by atoms with Crippen molar-refractivity contribution in [3.8, 4) is 0 Å². The molecular weight excluding hydrogens is 453 g/mol. The molecule has 0 bridgehead atoms. The number of urea groups is 1. The van der Waals surface area contributed by atoms with Gasteiger partial charge in [0.25, 0.3) is 0 Å². The first-order valence-electron chi connectivity index (χ1n) is 9.83. The van der Waals surface area contributed by atoms with Gasteiger partial charge in [0.15, 0.2) is 0 Å². The van der Waals surface area contributed by atoms with Gasteiger partial charge in [-0.2, -0.15) is 0 Å². The van der Waals surface area contributed by atoms with Crippen molar-refractivity contribution < 1.29 is 18.8 Å². The highest BCUT2D eigenvalue weighted by molar-refractivity contribution is 9.09. The number of rotatable bonds is 4. The molecule has 6 nitrogen and oxygen atoms in total. The third-order valence-electron chi connectivity index (χ3n) is 5.58. The molecule has 1 aliphatic heterocycles. The van der Waals surface area contributed by atoms with Crippen molar-refractivity contribution in [1.29, 1.82) is 0 Å². The molecule has 3 atom stereocenters. The van der Waals surface area contributed by atoms with Gasteiger partial charge in [-0.3, -0.25) is 9.59 Å². The zero-order valence-corrected chi connectivity index (χ0v) is 17.7. The number of benzene rings is 2. The van der Waals surface area contributed by atoms with Crippen molar-refractivity contribution in [2.45, 2.75) is 30.1 Å². The maximum absolute atomic E-state index is 13.3. The van der Waals surface area contributed by atoms with Crippen LogP contribution in [-0.2, 0) is 9.59 Å². The molecule has 0 aromatic heterocycles. The standard InChI is InChI=1S/C22H21BrFN3O3/c23-14-6-11-19-18(12-14)21(29)27(17-4-2-1-3-5-17)22(30)26(19)13-20(28)25-16-9-7-15(24)8-10-16/h1-5,7-10,14,18-19H,6,11-13H2,(H,25,28). The Morgan fingerprint density at radius 3 is 2.47 bits per heavy atom. The van der Waals surface area contributed by atoms with Crippen LogP contribution in [0.15, 0.2) is 54.6 Å². The van der Waals surface area contributed by atoms with E-state index in [1.165, 1.54) is 34.1 Å². The van der Waals surface area contributed by atoms with Crippen molar-refractivity contribution in [2.24, 2.45) is 5.92 Å². The van der Waals surface area contributed by atoms with Gasteiger partial charge in [-0.15, -0.1) is 0 Å². The minimum atomic E-state index is -0.491. The summed E-state index contributed by atoms with van der Waals surface area (Å²) in [6.45, 7) is -0.180. The van der Waals surface area contributed by atoms with Crippen molar-refractivity contribution in [2.75, 3.05) is 16.8 Å². The lowest BCUT2D eigenvalue weighted by atomic mass is 9.81. The van der Waals surface area contributed by atoms with E-state index in [4.69, 9.17) is 0 Å². The summed E-state index contributed by atoms with van der Waals surface area (Å²) in [6.07, 6.45) is 2.07. The molecule has 3 unspecified atom stereocenters. The molecule has 8 heteroatoms. The molecule has 4 rings (SSSR count). The van der Waals surface area contributed by atoms with Gasteiger partial charge in [-0.25, -0.2) is 14.1 Å². The summed E-state index contributed by atoms with van der Waals surface area (Å²) in [6, 6.07) is 13.4. The molecule has 1 saturated carbocycles. The van der Waals surface area contributed by atoms with E-state index in [2.05, 4.69) is 21.2 Å². The minimum Gasteiger partial charge on any atom is -0.325 e. The van der Waals surface area contributed by atoms with Crippen LogP contribution in [0.3, 0.4) is 0 Å². The van der Waals surface area contributed by atoms with Crippen LogP contribution >= 0.6 is 15.9 Å². The van der Waals surface area contributed by atoms with Gasteiger partial charge in [-0.1, -0.05) is 34.1 Å². The Morgan fingerprint density at radius 2 is 1.77 bits per heavy atom. The smallest absolute Gasteiger partial charge is 0.325 e. The first-order valence-corrected chi connectivity index (χ1v) is 10.7. The molecule has 1 aliphatic carbocycles. The van der Waals surface area contributed by atoms with E-state index in [9.17, 15) is 18.8 Å². The van der Waals surface area contributed by atoms with Crippen LogP contribution in [0.5, 0.6) is 0 Å². The number of fused-ring (bicyclic) bond motifs is 1. The Kier molecular flexibility index (Phi) is 5.85. The van der Waals surface area contributed by atoms with E-state index in [1.54, 1.807) is 24.3 Å². The van der Waals surface area contributed by atoms with Crippen molar-refractivity contribution in [3.05, 3.63) is 60.4 Å². The Hall–Kier alpha value is -2.74. The van der Waals surface area contributed by atoms with Crippen LogP contribution in [-0.4, -0.2) is 40.2 Å². The summed E-state index contributed by atoms with van der Waals surface area (Å²) in [4.78, 5) is 42.0. The monoisotopic (exact) mass is 473 g/mol. The number of amides is 4. The lowest BCUT2D eigenvalue weighted by Crippen LogP contribution is -2.64. The normalized spacial score (nSPS) is 23.9. The SMILES string of the molecule is O=C(CN1C(=O)N(c2ccccc2)C(=O)C2CC(Br)CCC21)Nc1ccc(F)cc1. The molecule has 30 heavy (non-hydrogen) atoms. The van der Waals surface area contributed by atoms with E-state index in [1.807, 2.05) is 6.07 Å². The highest BCUT2D eigenvalue weighted by Crippen LogP contribution is 2.38. The average Bonchev–Trinajstić information content (AvgIpc) is 2.74. The summed E-state index contributed by atoms with van der Waals surface area (Å²) < 4.78 is 13.1. The number of para-hydroxylation sites is 1. The fraction of sp³-hybridized carbons (Fsp3) is 0.318. The second-order valence-electron chi connectivity index (χ2n) is 7.56. The zero-order valence-electron chi connectivity index (χ0n) is 16.1. The Labute approximate surface area is 182 Å². The maximum atomic E-state index is 13.3. The predicted molar refractivity (Wildman–Crippen MR) is 115 cm³/mol. The fourth-order valence-corrected chi connectivity index (χ4v) is 4.83. The molecule has 2 fully saturated rings. The van der Waals surface area contributed by atoms with Crippen molar-refractivity contribution >= 4 is 45.2 Å². The lowest BCUT2D eigenvalue weighted by Gasteiger charge is -2.47. The molecule has 2 aromatic rings. The van der Waals surface area contributed by atoms with E-state index in [0.29, 0.717) is 24.2 Å². The molecule has 4 amide bonds. The average molecular weight is 474 g/mol. The third kappa shape index (κ3) is 4.09. The van der Waals surface area contributed by atoms with Crippen LogP contribution < -0.4 is 10.2 Å². The molecular formula is C22H21BrFN3O3. The van der Waals surface area contributed by atoms with Gasteiger partial charge in [0.1, 0.15) is 12.4 Å². The second kappa shape index (κ2) is 8.55. The molecule has 1 heterocycles. The summed E-state index contributed by atoms with van der Waals surface area (Å²) in [7, 11) is 0. The number of nitrogens with one attached hydrogen (secondary N) is 1. The lowest BCUT2D eigenvalue weighted by molar-refractivity contribution is -0.128. The van der Waals surface area contributed by atoms with Gasteiger partial charge in [0.2, 0.25) is 11.8 Å². The van der Waals surface area contributed by atoms with E-state index >= 15 is 0 Å². The fourth-order valence-electron chi connectivity index (χ4n) is 4.16. The number of carbonyl (C=O) groups excluding carboxylic acids is 3. The van der Waals surface area contributed by atoms with Crippen LogP contribution in [0.2, 0.25) is 0 Å². The number of hydrogen-bond donors (Lipinski definition) is 1. The Morgan fingerprint density at radius 1 is 1.07 bits per heavy atom. The van der Waals surface area contributed by atoms with Gasteiger partial charge in [-0.05, 0) is 55.7 Å². The van der Waals surface area contributed by atoms with Gasteiger partial charge < -0.3 is 10.2 Å². The highest BCUT2D eigenvalue weighted by Gasteiger charge is 2.49. The molecule has 2 aliphatic rings. The van der Waals surface area contributed by atoms with Crippen LogP contribution in [0.1, 0.15) is 19.3 Å². The maximum Gasteiger partial charge on any atom is 0.332 e. The Bertz CT molecular complexity index is 954. The molecule has 0 spiro atoms. The number of anilines is 2. The zero-order chi connectivity index (χ0) is 21.3. The quantitative estimate of drug-likeness (QED) is 0.677.